The number of amidine groups is 1. The molecule has 0 aromatic rings. The molecule has 8 nitrogen and oxygen atoms in total. The number of aliphatic imine (C=N–C) groups is 2. The van der Waals surface area contributed by atoms with E-state index in [0.717, 1.165) is 6.34 Å². The maximum Gasteiger partial charge on any atom is 0.407 e. The number of ether oxygens (including phenoxy) is 1. The Balaban J connectivity index is 3.81. The quantitative estimate of drug-likeness (QED) is 0.371. The molecule has 0 unspecified atom stereocenters. The Morgan fingerprint density at radius 1 is 1.44 bits per heavy atom. The summed E-state index contributed by atoms with van der Waals surface area (Å²) in [5, 5.41) is 10.9. The van der Waals surface area contributed by atoms with Gasteiger partial charge < -0.3 is 20.9 Å². The predicted molar refractivity (Wildman–Crippen MR) is 66.9 cm³/mol. The minimum Gasteiger partial charge on any atom is -0.475 e. The predicted octanol–water partition coefficient (Wildman–Crippen LogP) is -0.0188. The summed E-state index contributed by atoms with van der Waals surface area (Å²) in [5.41, 5.74) is 4.47. The second-order valence-electron chi connectivity index (χ2n) is 4.27. The van der Waals surface area contributed by atoms with Crippen LogP contribution in [0.3, 0.4) is 0 Å². The second kappa shape index (κ2) is 7.25. The average molecular weight is 258 g/mol. The smallest absolute Gasteiger partial charge is 0.407 e. The van der Waals surface area contributed by atoms with E-state index in [1.54, 1.807) is 20.8 Å². The van der Waals surface area contributed by atoms with Crippen LogP contribution in [0.2, 0.25) is 0 Å². The van der Waals surface area contributed by atoms with Crippen LogP contribution in [0.4, 0.5) is 4.79 Å². The van der Waals surface area contributed by atoms with Crippen LogP contribution in [0.15, 0.2) is 9.98 Å². The Morgan fingerprint density at radius 3 is 2.56 bits per heavy atom. The number of carboxylic acid groups (broad SMARTS) is 1. The van der Waals surface area contributed by atoms with Gasteiger partial charge in [0.05, 0.1) is 6.54 Å². The first-order chi connectivity index (χ1) is 8.22. The number of nitrogens with two attached hydrogens (primary N) is 1. The van der Waals surface area contributed by atoms with Crippen molar-refractivity contribution >= 4 is 24.2 Å². The molecule has 8 heteroatoms. The lowest BCUT2D eigenvalue weighted by molar-refractivity contribution is -0.129. The number of rotatable bonds is 4. The van der Waals surface area contributed by atoms with Gasteiger partial charge in [-0.3, -0.25) is 4.99 Å². The van der Waals surface area contributed by atoms with E-state index >= 15 is 0 Å². The average Bonchev–Trinajstić information content (AvgIpc) is 2.19. The zero-order valence-corrected chi connectivity index (χ0v) is 10.6. The Labute approximate surface area is 105 Å². The summed E-state index contributed by atoms with van der Waals surface area (Å²) >= 11 is 0. The van der Waals surface area contributed by atoms with E-state index in [-0.39, 0.29) is 13.1 Å². The summed E-state index contributed by atoms with van der Waals surface area (Å²) in [6.07, 6.45) is 0.492. The van der Waals surface area contributed by atoms with E-state index in [9.17, 15) is 9.59 Å². The second-order valence-corrected chi connectivity index (χ2v) is 4.27. The molecule has 0 rings (SSSR count). The molecule has 0 atom stereocenters. The Kier molecular flexibility index (Phi) is 6.40. The standard InChI is InChI=1S/C10H18N4O4/c1-10(2,3)18-9(17)13-5-4-12-6-14-7(11)8(15)16/h6H,4-5H2,1-3H3,(H,13,17)(H,15,16)(H2,11,12,14). The van der Waals surface area contributed by atoms with E-state index in [0.29, 0.717) is 0 Å². The molecule has 0 aromatic carbocycles. The van der Waals surface area contributed by atoms with Crippen LogP contribution in [0.5, 0.6) is 0 Å². The molecular formula is C10H18N4O4. The van der Waals surface area contributed by atoms with Crippen LogP contribution in [-0.2, 0) is 9.53 Å². The summed E-state index contributed by atoms with van der Waals surface area (Å²) in [5.74, 6) is -1.85. The van der Waals surface area contributed by atoms with Crippen molar-refractivity contribution < 1.29 is 19.4 Å². The largest absolute Gasteiger partial charge is 0.475 e. The molecule has 0 bridgehead atoms. The maximum atomic E-state index is 11.2. The van der Waals surface area contributed by atoms with Crippen LogP contribution >= 0.6 is 0 Å². The van der Waals surface area contributed by atoms with Gasteiger partial charge in [0.15, 0.2) is 0 Å². The number of nitrogens with one attached hydrogen (secondary N) is 1. The summed E-state index contributed by atoms with van der Waals surface area (Å²) in [6, 6.07) is 0. The summed E-state index contributed by atoms with van der Waals surface area (Å²) in [6.45, 7) is 5.78. The molecule has 102 valence electrons. The van der Waals surface area contributed by atoms with Gasteiger partial charge in [0.1, 0.15) is 11.9 Å². The van der Waals surface area contributed by atoms with Crippen molar-refractivity contribution in [3.05, 3.63) is 0 Å². The van der Waals surface area contributed by atoms with Gasteiger partial charge in [-0.2, -0.15) is 0 Å². The summed E-state index contributed by atoms with van der Waals surface area (Å²) in [7, 11) is 0. The molecule has 0 aromatic heterocycles. The number of nitrogens with zero attached hydrogens (tertiary/aromatic N) is 2. The lowest BCUT2D eigenvalue weighted by Crippen LogP contribution is -2.33. The van der Waals surface area contributed by atoms with Crippen molar-refractivity contribution in [3.8, 4) is 0 Å². The number of aliphatic carboxylic acids is 1. The van der Waals surface area contributed by atoms with Crippen molar-refractivity contribution in [3.63, 3.8) is 0 Å². The fraction of sp³-hybridized carbons (Fsp3) is 0.600. The highest BCUT2D eigenvalue weighted by atomic mass is 16.6. The first-order valence-corrected chi connectivity index (χ1v) is 5.24. The topological polar surface area (TPSA) is 126 Å². The molecular weight excluding hydrogens is 240 g/mol. The van der Waals surface area contributed by atoms with Crippen molar-refractivity contribution in [1.29, 1.82) is 0 Å². The monoisotopic (exact) mass is 258 g/mol. The molecule has 0 spiro atoms. The zero-order chi connectivity index (χ0) is 14.2. The first kappa shape index (κ1) is 15.9. The highest BCUT2D eigenvalue weighted by Crippen LogP contribution is 2.05. The van der Waals surface area contributed by atoms with E-state index in [2.05, 4.69) is 15.3 Å². The number of carboxylic acids is 1. The zero-order valence-electron chi connectivity index (χ0n) is 10.6. The van der Waals surface area contributed by atoms with Gasteiger partial charge in [-0.25, -0.2) is 14.6 Å². The van der Waals surface area contributed by atoms with Crippen molar-refractivity contribution in [2.45, 2.75) is 26.4 Å². The molecule has 0 aliphatic carbocycles. The molecule has 4 N–H and O–H groups in total. The third kappa shape index (κ3) is 9.13. The van der Waals surface area contributed by atoms with Crippen LogP contribution in [-0.4, -0.2) is 48.0 Å². The Bertz CT molecular complexity index is 357. The van der Waals surface area contributed by atoms with E-state index < -0.39 is 23.5 Å². The number of amides is 1. The summed E-state index contributed by atoms with van der Waals surface area (Å²) in [4.78, 5) is 28.5. The van der Waals surface area contributed by atoms with Crippen LogP contribution in [0.25, 0.3) is 0 Å². The normalized spacial score (nSPS) is 12.5. The van der Waals surface area contributed by atoms with Gasteiger partial charge in [-0.1, -0.05) is 0 Å². The van der Waals surface area contributed by atoms with E-state index in [1.807, 2.05) is 0 Å². The molecule has 0 aliphatic heterocycles. The number of hydrogen-bond donors (Lipinski definition) is 3. The number of carbonyl (C=O) groups excluding carboxylic acids is 1. The van der Waals surface area contributed by atoms with Gasteiger partial charge >= 0.3 is 12.1 Å². The fourth-order valence-corrected chi connectivity index (χ4v) is 0.753. The van der Waals surface area contributed by atoms with Crippen LogP contribution in [0, 0.1) is 0 Å². The number of alkyl carbamates (subject to hydrolysis) is 1. The number of hydrogen-bond acceptors (Lipinski definition) is 4. The molecule has 0 saturated heterocycles. The van der Waals surface area contributed by atoms with Crippen molar-refractivity contribution in [1.82, 2.24) is 5.32 Å². The van der Waals surface area contributed by atoms with Gasteiger partial charge in [-0.05, 0) is 20.8 Å². The lowest BCUT2D eigenvalue weighted by Gasteiger charge is -2.19. The van der Waals surface area contributed by atoms with Gasteiger partial charge in [0.25, 0.3) is 0 Å². The Morgan fingerprint density at radius 2 is 2.06 bits per heavy atom. The van der Waals surface area contributed by atoms with E-state index in [1.165, 1.54) is 0 Å². The molecule has 0 radical (unpaired) electrons. The van der Waals surface area contributed by atoms with Gasteiger partial charge in [0.2, 0.25) is 5.84 Å². The summed E-state index contributed by atoms with van der Waals surface area (Å²) < 4.78 is 4.99. The van der Waals surface area contributed by atoms with Gasteiger partial charge in [-0.15, -0.1) is 0 Å². The highest BCUT2D eigenvalue weighted by molar-refractivity contribution is 6.34. The van der Waals surface area contributed by atoms with Crippen molar-refractivity contribution in [2.75, 3.05) is 13.1 Å². The lowest BCUT2D eigenvalue weighted by atomic mass is 10.2. The van der Waals surface area contributed by atoms with Crippen LogP contribution < -0.4 is 11.1 Å². The molecule has 1 amide bonds. The molecule has 0 aliphatic rings. The highest BCUT2D eigenvalue weighted by Gasteiger charge is 2.15. The molecule has 0 fully saturated rings. The van der Waals surface area contributed by atoms with E-state index in [4.69, 9.17) is 15.6 Å². The minimum absolute atomic E-state index is 0.246. The van der Waals surface area contributed by atoms with Crippen LogP contribution in [0.1, 0.15) is 20.8 Å². The molecule has 18 heavy (non-hydrogen) atoms. The Hall–Kier alpha value is -2.12. The van der Waals surface area contributed by atoms with Crippen molar-refractivity contribution in [2.24, 2.45) is 15.7 Å². The SMILES string of the molecule is CC(C)(C)OC(=O)NCCN=CN=C(N)C(=O)O. The number of carbonyl (C=O) groups is 2. The third-order valence-corrected chi connectivity index (χ3v) is 1.41. The third-order valence-electron chi connectivity index (χ3n) is 1.41. The fourth-order valence-electron chi connectivity index (χ4n) is 0.753. The maximum absolute atomic E-state index is 11.2. The van der Waals surface area contributed by atoms with Gasteiger partial charge in [0, 0.05) is 6.54 Å². The minimum atomic E-state index is -1.31. The molecule has 0 heterocycles. The molecule has 0 saturated carbocycles. The first-order valence-electron chi connectivity index (χ1n) is 5.24.